The van der Waals surface area contributed by atoms with Crippen molar-refractivity contribution in [1.82, 2.24) is 4.90 Å². The number of piperidine rings is 1. The number of ether oxygens (including phenoxy) is 1. The van der Waals surface area contributed by atoms with Gasteiger partial charge in [0.2, 0.25) is 0 Å². The molecule has 22 heavy (non-hydrogen) atoms. The molecule has 2 fully saturated rings. The second kappa shape index (κ2) is 6.52. The van der Waals surface area contributed by atoms with Gasteiger partial charge in [0, 0.05) is 19.1 Å². The molecule has 0 bridgehead atoms. The molecule has 1 saturated carbocycles. The van der Waals surface area contributed by atoms with E-state index >= 15 is 0 Å². The molecule has 2 atom stereocenters. The molecule has 0 aromatic heterocycles. The number of nitrogens with zero attached hydrogens (tertiary/aromatic N) is 1. The maximum Gasteiger partial charge on any atom is 0.137 e. The highest BCUT2D eigenvalue weighted by atomic mass is 19.1. The topological polar surface area (TPSA) is 52.9 Å². The van der Waals surface area contributed by atoms with Crippen LogP contribution in [0, 0.1) is 5.82 Å². The number of likely N-dealkylation sites (tertiary alicyclic amines) is 1. The standard InChI is InChI=1S/C17H24FNO3/c18-13-5-7-15(8-6-13)22-12-17(21)11-19(10-9-16(17)20)14-3-1-2-4-14/h5-8,14,16,20-21H,1-4,9-12H2/t16-,17-/m0/s1. The fourth-order valence-corrected chi connectivity index (χ4v) is 3.55. The first-order chi connectivity index (χ1) is 10.6. The molecule has 2 N–H and O–H groups in total. The molecule has 1 aromatic rings. The molecule has 1 aliphatic carbocycles. The molecule has 0 unspecified atom stereocenters. The fourth-order valence-electron chi connectivity index (χ4n) is 3.55. The quantitative estimate of drug-likeness (QED) is 0.892. The summed E-state index contributed by atoms with van der Waals surface area (Å²) in [7, 11) is 0. The maximum atomic E-state index is 12.9. The maximum absolute atomic E-state index is 12.9. The van der Waals surface area contributed by atoms with Crippen molar-refractivity contribution >= 4 is 0 Å². The van der Waals surface area contributed by atoms with Crippen molar-refractivity contribution < 1.29 is 19.3 Å². The van der Waals surface area contributed by atoms with Crippen molar-refractivity contribution in [1.29, 1.82) is 0 Å². The third-order valence-electron chi connectivity index (χ3n) is 4.93. The lowest BCUT2D eigenvalue weighted by molar-refractivity contribution is -0.144. The summed E-state index contributed by atoms with van der Waals surface area (Å²) in [6, 6.07) is 6.22. The summed E-state index contributed by atoms with van der Waals surface area (Å²) in [4.78, 5) is 2.29. The highest BCUT2D eigenvalue weighted by Crippen LogP contribution is 2.30. The van der Waals surface area contributed by atoms with E-state index in [1.807, 2.05) is 0 Å². The molecule has 5 heteroatoms. The van der Waals surface area contributed by atoms with Gasteiger partial charge < -0.3 is 14.9 Å². The number of β-amino-alcohol motifs (C(OH)–C–C–N with tert-alkyl or cyclic N) is 1. The van der Waals surface area contributed by atoms with E-state index in [0.717, 1.165) is 6.54 Å². The Bertz CT molecular complexity index is 489. The van der Waals surface area contributed by atoms with Gasteiger partial charge in [-0.25, -0.2) is 4.39 Å². The Morgan fingerprint density at radius 1 is 1.18 bits per heavy atom. The van der Waals surface area contributed by atoms with Gasteiger partial charge in [0.15, 0.2) is 0 Å². The van der Waals surface area contributed by atoms with Gasteiger partial charge in [-0.3, -0.25) is 4.90 Å². The van der Waals surface area contributed by atoms with Crippen LogP contribution in [0.1, 0.15) is 32.1 Å². The van der Waals surface area contributed by atoms with Crippen LogP contribution in [-0.4, -0.2) is 52.6 Å². The highest BCUT2D eigenvalue weighted by Gasteiger charge is 2.43. The van der Waals surface area contributed by atoms with Crippen LogP contribution in [0.3, 0.4) is 0 Å². The molecule has 1 heterocycles. The minimum Gasteiger partial charge on any atom is -0.490 e. The van der Waals surface area contributed by atoms with Crippen LogP contribution >= 0.6 is 0 Å². The molecule has 0 radical (unpaired) electrons. The Morgan fingerprint density at radius 3 is 2.55 bits per heavy atom. The minimum absolute atomic E-state index is 0.0169. The van der Waals surface area contributed by atoms with Crippen LogP contribution < -0.4 is 4.74 Å². The zero-order chi connectivity index (χ0) is 15.6. The first-order valence-corrected chi connectivity index (χ1v) is 8.10. The molecule has 0 amide bonds. The van der Waals surface area contributed by atoms with Crippen molar-refractivity contribution in [2.45, 2.75) is 49.9 Å². The van der Waals surface area contributed by atoms with E-state index in [2.05, 4.69) is 4.90 Å². The van der Waals surface area contributed by atoms with Crippen LogP contribution in [0.5, 0.6) is 5.75 Å². The van der Waals surface area contributed by atoms with Gasteiger partial charge in [0.1, 0.15) is 23.8 Å². The zero-order valence-corrected chi connectivity index (χ0v) is 12.7. The highest BCUT2D eigenvalue weighted by molar-refractivity contribution is 5.22. The van der Waals surface area contributed by atoms with Gasteiger partial charge in [-0.05, 0) is 43.5 Å². The first-order valence-electron chi connectivity index (χ1n) is 8.10. The predicted octanol–water partition coefficient (Wildman–Crippen LogP) is 1.94. The van der Waals surface area contributed by atoms with Gasteiger partial charge >= 0.3 is 0 Å². The Morgan fingerprint density at radius 2 is 1.86 bits per heavy atom. The molecular weight excluding hydrogens is 285 g/mol. The van der Waals surface area contributed by atoms with Gasteiger partial charge in [0.25, 0.3) is 0 Å². The molecule has 2 aliphatic rings. The molecule has 1 saturated heterocycles. The van der Waals surface area contributed by atoms with Crippen molar-refractivity contribution in [3.05, 3.63) is 30.1 Å². The second-order valence-electron chi connectivity index (χ2n) is 6.56. The van der Waals surface area contributed by atoms with Crippen LogP contribution in [0.2, 0.25) is 0 Å². The molecular formula is C17H24FNO3. The second-order valence-corrected chi connectivity index (χ2v) is 6.56. The van der Waals surface area contributed by atoms with Crippen molar-refractivity contribution in [3.8, 4) is 5.75 Å². The monoisotopic (exact) mass is 309 g/mol. The lowest BCUT2D eigenvalue weighted by atomic mass is 9.89. The normalized spacial score (nSPS) is 30.6. The number of aliphatic hydroxyl groups is 2. The third kappa shape index (κ3) is 3.42. The lowest BCUT2D eigenvalue weighted by Gasteiger charge is -2.44. The smallest absolute Gasteiger partial charge is 0.137 e. The number of hydrogen-bond donors (Lipinski definition) is 2. The van der Waals surface area contributed by atoms with E-state index in [1.54, 1.807) is 0 Å². The van der Waals surface area contributed by atoms with E-state index in [4.69, 9.17) is 4.74 Å². The molecule has 3 rings (SSSR count). The zero-order valence-electron chi connectivity index (χ0n) is 12.7. The first kappa shape index (κ1) is 15.7. The number of halogens is 1. The van der Waals surface area contributed by atoms with Crippen LogP contribution in [0.15, 0.2) is 24.3 Å². The Hall–Kier alpha value is -1.17. The van der Waals surface area contributed by atoms with Gasteiger partial charge in [-0.1, -0.05) is 12.8 Å². The van der Waals surface area contributed by atoms with E-state index < -0.39 is 11.7 Å². The van der Waals surface area contributed by atoms with Gasteiger partial charge in [-0.2, -0.15) is 0 Å². The Balaban J connectivity index is 1.62. The molecule has 4 nitrogen and oxygen atoms in total. The molecule has 122 valence electrons. The van der Waals surface area contributed by atoms with Crippen LogP contribution in [0.25, 0.3) is 0 Å². The minimum atomic E-state index is -1.27. The van der Waals surface area contributed by atoms with Crippen molar-refractivity contribution in [2.24, 2.45) is 0 Å². The van der Waals surface area contributed by atoms with Crippen LogP contribution in [-0.2, 0) is 0 Å². The van der Waals surface area contributed by atoms with Crippen LogP contribution in [0.4, 0.5) is 4.39 Å². The van der Waals surface area contributed by atoms with E-state index in [-0.39, 0.29) is 12.4 Å². The average Bonchev–Trinajstić information content (AvgIpc) is 3.04. The summed E-state index contributed by atoms with van der Waals surface area (Å²) in [6.45, 7) is 1.27. The van der Waals surface area contributed by atoms with Gasteiger partial charge in [0.05, 0.1) is 6.10 Å². The largest absolute Gasteiger partial charge is 0.490 e. The summed E-state index contributed by atoms with van der Waals surface area (Å²) < 4.78 is 18.5. The number of aliphatic hydroxyl groups excluding tert-OH is 1. The SMILES string of the molecule is O[C@H]1CCN(C2CCCC2)C[C@]1(O)COc1ccc(F)cc1. The summed E-state index contributed by atoms with van der Waals surface area (Å²) in [5.74, 6) is 0.177. The summed E-state index contributed by atoms with van der Waals surface area (Å²) in [6.07, 6.45) is 4.60. The summed E-state index contributed by atoms with van der Waals surface area (Å²) in [5.41, 5.74) is -1.27. The van der Waals surface area contributed by atoms with E-state index in [9.17, 15) is 14.6 Å². The fraction of sp³-hybridized carbons (Fsp3) is 0.647. The number of benzene rings is 1. The number of hydrogen-bond acceptors (Lipinski definition) is 4. The van der Waals surface area contributed by atoms with Gasteiger partial charge in [-0.15, -0.1) is 0 Å². The summed E-state index contributed by atoms with van der Waals surface area (Å²) in [5, 5.41) is 21.0. The third-order valence-corrected chi connectivity index (χ3v) is 4.93. The Labute approximate surface area is 130 Å². The molecule has 0 spiro atoms. The summed E-state index contributed by atoms with van der Waals surface area (Å²) >= 11 is 0. The molecule has 1 aliphatic heterocycles. The van der Waals surface area contributed by atoms with Crippen molar-refractivity contribution in [2.75, 3.05) is 19.7 Å². The average molecular weight is 309 g/mol. The Kier molecular flexibility index (Phi) is 4.66. The van der Waals surface area contributed by atoms with E-state index in [1.165, 1.54) is 49.9 Å². The van der Waals surface area contributed by atoms with Crippen molar-refractivity contribution in [3.63, 3.8) is 0 Å². The molecule has 1 aromatic carbocycles. The predicted molar refractivity (Wildman–Crippen MR) is 81.3 cm³/mol. The number of rotatable bonds is 4. The van der Waals surface area contributed by atoms with E-state index in [0.29, 0.717) is 24.8 Å². The lowest BCUT2D eigenvalue weighted by Crippen LogP contribution is -2.61.